The van der Waals surface area contributed by atoms with Crippen molar-refractivity contribution in [3.8, 4) is 0 Å². The number of imidazole rings is 1. The van der Waals surface area contributed by atoms with Gasteiger partial charge in [-0.2, -0.15) is 0 Å². The summed E-state index contributed by atoms with van der Waals surface area (Å²) in [6.45, 7) is 3.09. The van der Waals surface area contributed by atoms with E-state index in [0.29, 0.717) is 6.54 Å². The lowest BCUT2D eigenvalue weighted by Gasteiger charge is -2.14. The third kappa shape index (κ3) is 3.65. The van der Waals surface area contributed by atoms with Gasteiger partial charge in [0, 0.05) is 38.6 Å². The second-order valence-electron chi connectivity index (χ2n) is 4.38. The summed E-state index contributed by atoms with van der Waals surface area (Å²) in [5.41, 5.74) is 7.63. The summed E-state index contributed by atoms with van der Waals surface area (Å²) in [4.78, 5) is 10.9. The first kappa shape index (κ1) is 12.7. The molecule has 0 aliphatic carbocycles. The largest absolute Gasteiger partial charge is 0.336 e. The summed E-state index contributed by atoms with van der Waals surface area (Å²) in [5.74, 6) is 0. The molecule has 2 aromatic heterocycles. The molecule has 0 spiro atoms. The lowest BCUT2D eigenvalue weighted by molar-refractivity contribution is 0.311. The quantitative estimate of drug-likeness (QED) is 0.820. The van der Waals surface area contributed by atoms with Crippen molar-refractivity contribution in [1.82, 2.24) is 19.4 Å². The van der Waals surface area contributed by atoms with E-state index in [-0.39, 0.29) is 0 Å². The average molecular weight is 245 g/mol. The predicted molar refractivity (Wildman–Crippen MR) is 70.7 cm³/mol. The molecule has 18 heavy (non-hydrogen) atoms. The highest BCUT2D eigenvalue weighted by atomic mass is 15.1. The summed E-state index contributed by atoms with van der Waals surface area (Å²) < 4.78 is 2.02. The molecular weight excluding hydrogens is 226 g/mol. The highest BCUT2D eigenvalue weighted by Crippen LogP contribution is 2.04. The van der Waals surface area contributed by atoms with Crippen molar-refractivity contribution in [2.24, 2.45) is 5.73 Å². The molecule has 96 valence electrons. The van der Waals surface area contributed by atoms with Crippen LogP contribution in [0.3, 0.4) is 0 Å². The smallest absolute Gasteiger partial charge is 0.0950 e. The number of aromatic nitrogens is 3. The first-order chi connectivity index (χ1) is 8.78. The van der Waals surface area contributed by atoms with Crippen molar-refractivity contribution in [2.75, 3.05) is 13.6 Å². The molecule has 0 amide bonds. The molecule has 0 saturated carbocycles. The van der Waals surface area contributed by atoms with Crippen LogP contribution in [-0.2, 0) is 19.6 Å². The van der Waals surface area contributed by atoms with Crippen LogP contribution in [0.2, 0.25) is 0 Å². The molecule has 0 aromatic carbocycles. The SMILES string of the molecule is CN(Cc1ccccn1)Cc1cn(CCN)cn1. The van der Waals surface area contributed by atoms with Gasteiger partial charge in [0.05, 0.1) is 17.7 Å². The second kappa shape index (κ2) is 6.28. The van der Waals surface area contributed by atoms with Crippen molar-refractivity contribution in [2.45, 2.75) is 19.6 Å². The Kier molecular flexibility index (Phi) is 4.44. The maximum atomic E-state index is 5.51. The van der Waals surface area contributed by atoms with E-state index in [4.69, 9.17) is 5.73 Å². The fourth-order valence-corrected chi connectivity index (χ4v) is 1.86. The first-order valence-electron chi connectivity index (χ1n) is 6.07. The van der Waals surface area contributed by atoms with Gasteiger partial charge < -0.3 is 10.3 Å². The van der Waals surface area contributed by atoms with E-state index >= 15 is 0 Å². The zero-order valence-corrected chi connectivity index (χ0v) is 10.7. The number of hydrogen-bond acceptors (Lipinski definition) is 4. The van der Waals surface area contributed by atoms with Crippen LogP contribution in [0, 0.1) is 0 Å². The van der Waals surface area contributed by atoms with Crippen LogP contribution in [0.25, 0.3) is 0 Å². The number of pyridine rings is 1. The third-order valence-corrected chi connectivity index (χ3v) is 2.66. The Hall–Kier alpha value is -1.72. The molecule has 5 nitrogen and oxygen atoms in total. The first-order valence-corrected chi connectivity index (χ1v) is 6.07. The summed E-state index contributed by atoms with van der Waals surface area (Å²) >= 11 is 0. The van der Waals surface area contributed by atoms with E-state index in [1.54, 1.807) is 0 Å². The average Bonchev–Trinajstić information content (AvgIpc) is 2.78. The van der Waals surface area contributed by atoms with Crippen LogP contribution in [-0.4, -0.2) is 33.0 Å². The molecule has 0 saturated heterocycles. The molecule has 0 fully saturated rings. The Bertz CT molecular complexity index is 465. The second-order valence-corrected chi connectivity index (χ2v) is 4.38. The summed E-state index contributed by atoms with van der Waals surface area (Å²) in [7, 11) is 2.07. The minimum Gasteiger partial charge on any atom is -0.336 e. The molecule has 0 aliphatic heterocycles. The lowest BCUT2D eigenvalue weighted by atomic mass is 10.3. The van der Waals surface area contributed by atoms with Gasteiger partial charge in [-0.25, -0.2) is 4.98 Å². The predicted octanol–water partition coefficient (Wildman–Crippen LogP) is 0.869. The molecule has 2 N–H and O–H groups in total. The Balaban J connectivity index is 1.88. The van der Waals surface area contributed by atoms with E-state index in [0.717, 1.165) is 31.0 Å². The third-order valence-electron chi connectivity index (χ3n) is 2.66. The number of rotatable bonds is 6. The fraction of sp³-hybridized carbons (Fsp3) is 0.385. The van der Waals surface area contributed by atoms with Crippen molar-refractivity contribution < 1.29 is 0 Å². The van der Waals surface area contributed by atoms with Gasteiger partial charge >= 0.3 is 0 Å². The minimum atomic E-state index is 0.638. The molecule has 0 radical (unpaired) electrons. The van der Waals surface area contributed by atoms with E-state index < -0.39 is 0 Å². The van der Waals surface area contributed by atoms with Crippen LogP contribution in [0.15, 0.2) is 36.9 Å². The van der Waals surface area contributed by atoms with Gasteiger partial charge in [0.25, 0.3) is 0 Å². The maximum absolute atomic E-state index is 5.51. The van der Waals surface area contributed by atoms with Crippen molar-refractivity contribution in [1.29, 1.82) is 0 Å². The molecule has 2 aromatic rings. The van der Waals surface area contributed by atoms with Crippen molar-refractivity contribution in [3.05, 3.63) is 48.3 Å². The summed E-state index contributed by atoms with van der Waals surface area (Å²) in [6, 6.07) is 5.97. The van der Waals surface area contributed by atoms with Crippen LogP contribution in [0.4, 0.5) is 0 Å². The van der Waals surface area contributed by atoms with Gasteiger partial charge in [0.2, 0.25) is 0 Å². The topological polar surface area (TPSA) is 60.0 Å². The fourth-order valence-electron chi connectivity index (χ4n) is 1.86. The van der Waals surface area contributed by atoms with Crippen LogP contribution < -0.4 is 5.73 Å². The molecule has 0 aliphatic rings. The van der Waals surface area contributed by atoms with E-state index in [2.05, 4.69) is 21.9 Å². The van der Waals surface area contributed by atoms with Gasteiger partial charge in [-0.15, -0.1) is 0 Å². The lowest BCUT2D eigenvalue weighted by Crippen LogP contribution is -2.18. The zero-order chi connectivity index (χ0) is 12.8. The zero-order valence-electron chi connectivity index (χ0n) is 10.7. The molecule has 2 rings (SSSR count). The summed E-state index contributed by atoms with van der Waals surface area (Å²) in [6.07, 6.45) is 5.69. The Morgan fingerprint density at radius 1 is 1.22 bits per heavy atom. The number of hydrogen-bond donors (Lipinski definition) is 1. The maximum Gasteiger partial charge on any atom is 0.0950 e. The van der Waals surface area contributed by atoms with Crippen molar-refractivity contribution >= 4 is 0 Å². The normalized spacial score (nSPS) is 11.1. The molecule has 5 heteroatoms. The van der Waals surface area contributed by atoms with E-state index in [9.17, 15) is 0 Å². The van der Waals surface area contributed by atoms with Gasteiger partial charge in [0.1, 0.15) is 0 Å². The molecule has 2 heterocycles. The van der Waals surface area contributed by atoms with Crippen LogP contribution in [0.1, 0.15) is 11.4 Å². The molecule has 0 unspecified atom stereocenters. The number of nitrogens with two attached hydrogens (primary N) is 1. The Morgan fingerprint density at radius 2 is 2.06 bits per heavy atom. The van der Waals surface area contributed by atoms with Gasteiger partial charge in [-0.1, -0.05) is 6.07 Å². The molecule has 0 atom stereocenters. The van der Waals surface area contributed by atoms with Gasteiger partial charge in [-0.05, 0) is 19.2 Å². The van der Waals surface area contributed by atoms with Gasteiger partial charge in [-0.3, -0.25) is 9.88 Å². The Morgan fingerprint density at radius 3 is 2.78 bits per heavy atom. The van der Waals surface area contributed by atoms with E-state index in [1.807, 2.05) is 41.5 Å². The van der Waals surface area contributed by atoms with E-state index in [1.165, 1.54) is 0 Å². The molecule has 0 bridgehead atoms. The van der Waals surface area contributed by atoms with Crippen molar-refractivity contribution in [3.63, 3.8) is 0 Å². The standard InChI is InChI=1S/C13H19N5/c1-17(8-12-4-2-3-6-15-12)9-13-10-18(7-5-14)11-16-13/h2-4,6,10-11H,5,7-9,14H2,1H3. The van der Waals surface area contributed by atoms with Gasteiger partial charge in [0.15, 0.2) is 0 Å². The highest BCUT2D eigenvalue weighted by Gasteiger charge is 2.04. The monoisotopic (exact) mass is 245 g/mol. The highest BCUT2D eigenvalue weighted by molar-refractivity contribution is 5.04. The minimum absolute atomic E-state index is 0.638. The molecular formula is C13H19N5. The van der Waals surface area contributed by atoms with Crippen LogP contribution >= 0.6 is 0 Å². The summed E-state index contributed by atoms with van der Waals surface area (Å²) in [5, 5.41) is 0. The Labute approximate surface area is 107 Å². The number of nitrogens with zero attached hydrogens (tertiary/aromatic N) is 4. The van der Waals surface area contributed by atoms with Crippen LogP contribution in [0.5, 0.6) is 0 Å².